The van der Waals surface area contributed by atoms with E-state index >= 15 is 0 Å². The molecule has 1 rings (SSSR count). The number of rotatable bonds is 3. The van der Waals surface area contributed by atoms with Crippen LogP contribution in [0.4, 0.5) is 0 Å². The molecule has 0 spiro atoms. The molecule has 1 heterocycles. The molecule has 74 valence electrons. The molecular weight excluding hydrogens is 204 g/mol. The smallest absolute Gasteiger partial charge is 0.347 e. The number of nitrogens with zero attached hydrogens (tertiary/aromatic N) is 1. The molecule has 0 saturated carbocycles. The normalized spacial score (nSPS) is 10.6. The van der Waals surface area contributed by atoms with Crippen molar-refractivity contribution in [1.29, 1.82) is 0 Å². The van der Waals surface area contributed by atoms with Crippen LogP contribution >= 0.6 is 11.3 Å². The number of hydrogen-bond acceptors (Lipinski definition) is 4. The number of primary amides is 1. The van der Waals surface area contributed by atoms with Crippen LogP contribution in [0.2, 0.25) is 0 Å². The Morgan fingerprint density at radius 3 is 2.64 bits per heavy atom. The highest BCUT2D eigenvalue weighted by molar-refractivity contribution is 7.14. The Kier molecular flexibility index (Phi) is 2.98. The Bertz CT molecular complexity index is 409. The first-order valence-corrected chi connectivity index (χ1v) is 4.50. The standard InChI is InChI=1S/C8H8N2O3S/c1-4-7(8(12)13)14-6(10-4)3-2-5(9)11/h2-3H,1H3,(H2,9,11)(H,12,13). The summed E-state index contributed by atoms with van der Waals surface area (Å²) in [6.45, 7) is 1.60. The van der Waals surface area contributed by atoms with Gasteiger partial charge in [0.15, 0.2) is 0 Å². The summed E-state index contributed by atoms with van der Waals surface area (Å²) in [5.41, 5.74) is 5.32. The molecule has 14 heavy (non-hydrogen) atoms. The Morgan fingerprint density at radius 1 is 1.57 bits per heavy atom. The van der Waals surface area contributed by atoms with Crippen molar-refractivity contribution < 1.29 is 14.7 Å². The van der Waals surface area contributed by atoms with Gasteiger partial charge in [-0.3, -0.25) is 4.79 Å². The molecule has 0 aliphatic carbocycles. The molecule has 0 aromatic carbocycles. The fourth-order valence-corrected chi connectivity index (χ4v) is 1.65. The summed E-state index contributed by atoms with van der Waals surface area (Å²) in [6.07, 6.45) is 2.54. The topological polar surface area (TPSA) is 93.3 Å². The third-order valence-corrected chi connectivity index (χ3v) is 2.51. The largest absolute Gasteiger partial charge is 0.477 e. The predicted octanol–water partition coefficient (Wildman–Crippen LogP) is 0.648. The fraction of sp³-hybridized carbons (Fsp3) is 0.125. The van der Waals surface area contributed by atoms with Crippen LogP contribution in [0.25, 0.3) is 6.08 Å². The summed E-state index contributed by atoms with van der Waals surface area (Å²) in [5.74, 6) is -1.60. The third kappa shape index (κ3) is 2.40. The molecule has 0 aliphatic heterocycles. The molecule has 0 fully saturated rings. The van der Waals surface area contributed by atoms with E-state index in [0.29, 0.717) is 10.7 Å². The maximum Gasteiger partial charge on any atom is 0.347 e. The second-order valence-corrected chi connectivity index (χ2v) is 3.54. The minimum absolute atomic E-state index is 0.175. The van der Waals surface area contributed by atoms with Gasteiger partial charge in [-0.05, 0) is 13.0 Å². The zero-order chi connectivity index (χ0) is 10.7. The van der Waals surface area contributed by atoms with Gasteiger partial charge in [0.1, 0.15) is 9.88 Å². The van der Waals surface area contributed by atoms with Gasteiger partial charge in [0, 0.05) is 6.08 Å². The van der Waals surface area contributed by atoms with Gasteiger partial charge in [-0.15, -0.1) is 11.3 Å². The Balaban J connectivity index is 2.97. The van der Waals surface area contributed by atoms with Gasteiger partial charge in [0.05, 0.1) is 5.69 Å². The quantitative estimate of drug-likeness (QED) is 0.719. The molecule has 1 aromatic rings. The number of aryl methyl sites for hydroxylation is 1. The van der Waals surface area contributed by atoms with Crippen molar-refractivity contribution in [2.45, 2.75) is 6.92 Å². The van der Waals surface area contributed by atoms with Crippen molar-refractivity contribution in [3.63, 3.8) is 0 Å². The summed E-state index contributed by atoms with van der Waals surface area (Å²) >= 11 is 1.00. The highest BCUT2D eigenvalue weighted by atomic mass is 32.1. The summed E-state index contributed by atoms with van der Waals surface area (Å²) in [4.78, 5) is 25.1. The average Bonchev–Trinajstić information content (AvgIpc) is 2.43. The second kappa shape index (κ2) is 4.01. The minimum Gasteiger partial charge on any atom is -0.477 e. The molecule has 0 radical (unpaired) electrons. The first-order valence-electron chi connectivity index (χ1n) is 3.69. The molecule has 3 N–H and O–H groups in total. The Hall–Kier alpha value is -1.69. The molecule has 1 aromatic heterocycles. The number of carbonyl (C=O) groups is 2. The van der Waals surface area contributed by atoms with Crippen LogP contribution in [0.1, 0.15) is 20.4 Å². The molecule has 0 atom stereocenters. The van der Waals surface area contributed by atoms with E-state index in [1.165, 1.54) is 6.08 Å². The number of nitrogens with two attached hydrogens (primary N) is 1. The minimum atomic E-state index is -1.02. The van der Waals surface area contributed by atoms with Crippen molar-refractivity contribution >= 4 is 29.3 Å². The molecule has 0 aliphatic rings. The highest BCUT2D eigenvalue weighted by Crippen LogP contribution is 2.18. The number of carboxylic acid groups (broad SMARTS) is 1. The Morgan fingerprint density at radius 2 is 2.21 bits per heavy atom. The zero-order valence-electron chi connectivity index (χ0n) is 7.35. The Labute approximate surface area is 83.9 Å². The SMILES string of the molecule is Cc1nc(C=CC(N)=O)sc1C(=O)O. The van der Waals surface area contributed by atoms with Crippen LogP contribution < -0.4 is 5.73 Å². The second-order valence-electron chi connectivity index (χ2n) is 2.51. The number of carboxylic acids is 1. The average molecular weight is 212 g/mol. The molecule has 6 heteroatoms. The van der Waals surface area contributed by atoms with Gasteiger partial charge in [-0.2, -0.15) is 0 Å². The van der Waals surface area contributed by atoms with Crippen LogP contribution in [-0.2, 0) is 4.79 Å². The maximum atomic E-state index is 10.6. The fourth-order valence-electron chi connectivity index (χ4n) is 0.840. The van der Waals surface area contributed by atoms with E-state index in [0.717, 1.165) is 17.4 Å². The van der Waals surface area contributed by atoms with Crippen LogP contribution in [0.5, 0.6) is 0 Å². The van der Waals surface area contributed by atoms with Crippen molar-refractivity contribution in [2.75, 3.05) is 0 Å². The lowest BCUT2D eigenvalue weighted by Crippen LogP contribution is -2.04. The predicted molar refractivity (Wildman–Crippen MR) is 52.0 cm³/mol. The van der Waals surface area contributed by atoms with E-state index in [4.69, 9.17) is 10.8 Å². The lowest BCUT2D eigenvalue weighted by molar-refractivity contribution is -0.113. The summed E-state index contributed by atoms with van der Waals surface area (Å²) in [6, 6.07) is 0. The molecule has 1 amide bonds. The van der Waals surface area contributed by atoms with Gasteiger partial charge < -0.3 is 10.8 Å². The maximum absolute atomic E-state index is 10.6. The highest BCUT2D eigenvalue weighted by Gasteiger charge is 2.12. The van der Waals surface area contributed by atoms with Gasteiger partial charge in [-0.25, -0.2) is 9.78 Å². The first-order chi connectivity index (χ1) is 6.50. The van der Waals surface area contributed by atoms with Crippen LogP contribution in [0.3, 0.4) is 0 Å². The number of amides is 1. The van der Waals surface area contributed by atoms with Crippen LogP contribution in [0.15, 0.2) is 6.08 Å². The van der Waals surface area contributed by atoms with E-state index in [1.54, 1.807) is 6.92 Å². The van der Waals surface area contributed by atoms with Crippen molar-refractivity contribution in [2.24, 2.45) is 5.73 Å². The lowest BCUT2D eigenvalue weighted by Gasteiger charge is -1.84. The molecular formula is C8H8N2O3S. The molecule has 5 nitrogen and oxygen atoms in total. The number of thiazole rings is 1. The van der Waals surface area contributed by atoms with Crippen LogP contribution in [-0.4, -0.2) is 22.0 Å². The number of aromatic nitrogens is 1. The number of carbonyl (C=O) groups excluding carboxylic acids is 1. The van der Waals surface area contributed by atoms with Crippen LogP contribution in [0, 0.1) is 6.92 Å². The van der Waals surface area contributed by atoms with Gasteiger partial charge in [-0.1, -0.05) is 0 Å². The first kappa shape index (κ1) is 10.4. The number of aromatic carboxylic acids is 1. The third-order valence-electron chi connectivity index (χ3n) is 1.40. The molecule has 0 saturated heterocycles. The van der Waals surface area contributed by atoms with E-state index < -0.39 is 11.9 Å². The summed E-state index contributed by atoms with van der Waals surface area (Å²) in [5, 5.41) is 9.17. The molecule has 0 unspecified atom stereocenters. The van der Waals surface area contributed by atoms with Crippen molar-refractivity contribution in [1.82, 2.24) is 4.98 Å². The van der Waals surface area contributed by atoms with E-state index in [2.05, 4.69) is 4.98 Å². The van der Waals surface area contributed by atoms with Gasteiger partial charge in [0.2, 0.25) is 5.91 Å². The zero-order valence-corrected chi connectivity index (χ0v) is 8.17. The van der Waals surface area contributed by atoms with Gasteiger partial charge >= 0.3 is 5.97 Å². The lowest BCUT2D eigenvalue weighted by atomic mass is 10.4. The van der Waals surface area contributed by atoms with E-state index in [9.17, 15) is 9.59 Å². The van der Waals surface area contributed by atoms with Crippen molar-refractivity contribution in [3.05, 3.63) is 21.7 Å². The summed E-state index contributed by atoms with van der Waals surface area (Å²) < 4.78 is 0. The van der Waals surface area contributed by atoms with E-state index in [-0.39, 0.29) is 4.88 Å². The van der Waals surface area contributed by atoms with Gasteiger partial charge in [0.25, 0.3) is 0 Å². The van der Waals surface area contributed by atoms with E-state index in [1.807, 2.05) is 0 Å². The summed E-state index contributed by atoms with van der Waals surface area (Å²) in [7, 11) is 0. The van der Waals surface area contributed by atoms with Crippen molar-refractivity contribution in [3.8, 4) is 0 Å². The number of hydrogen-bond donors (Lipinski definition) is 2. The molecule has 0 bridgehead atoms. The monoisotopic (exact) mass is 212 g/mol.